The molecule has 0 fully saturated rings. The van der Waals surface area contributed by atoms with Crippen LogP contribution in [0.5, 0.6) is 0 Å². The highest BCUT2D eigenvalue weighted by Gasteiger charge is 2.26. The van der Waals surface area contributed by atoms with Crippen LogP contribution in [0, 0.1) is 11.6 Å². The zero-order valence-corrected chi connectivity index (χ0v) is 8.90. The van der Waals surface area contributed by atoms with E-state index in [9.17, 15) is 8.78 Å². The van der Waals surface area contributed by atoms with Gasteiger partial charge >= 0.3 is 0 Å². The van der Waals surface area contributed by atoms with Gasteiger partial charge in [-0.25, -0.2) is 8.78 Å². The van der Waals surface area contributed by atoms with Gasteiger partial charge in [0.25, 0.3) is 0 Å². The number of rotatable bonds is 1. The molecule has 0 aliphatic heterocycles. The summed E-state index contributed by atoms with van der Waals surface area (Å²) in [6.07, 6.45) is 1.86. The van der Waals surface area contributed by atoms with Crippen molar-refractivity contribution in [2.45, 2.75) is 18.9 Å². The smallest absolute Gasteiger partial charge is 0.150 e. The maximum absolute atomic E-state index is 13.5. The summed E-state index contributed by atoms with van der Waals surface area (Å²) in [5, 5.41) is 3.84. The van der Waals surface area contributed by atoms with Crippen LogP contribution in [-0.2, 0) is 6.42 Å². The van der Waals surface area contributed by atoms with E-state index in [1.165, 1.54) is 6.07 Å². The summed E-state index contributed by atoms with van der Waals surface area (Å²) in [5.74, 6) is -1.03. The molecule has 16 heavy (non-hydrogen) atoms. The number of H-pyrrole nitrogens is 1. The van der Waals surface area contributed by atoms with E-state index < -0.39 is 11.6 Å². The molecule has 3 rings (SSSR count). The van der Waals surface area contributed by atoms with Crippen LogP contribution in [0.4, 0.5) is 8.78 Å². The average Bonchev–Trinajstić information content (AvgIpc) is 2.77. The molecular weight excluding hydrogens is 210 g/mol. The Morgan fingerprint density at radius 1 is 1.38 bits per heavy atom. The molecule has 1 aromatic heterocycles. The molecule has 1 aromatic carbocycles. The summed E-state index contributed by atoms with van der Waals surface area (Å²) < 4.78 is 26.7. The van der Waals surface area contributed by atoms with Crippen molar-refractivity contribution < 1.29 is 8.78 Å². The second-order valence-electron chi connectivity index (χ2n) is 4.21. The predicted octanol–water partition coefficient (Wildman–Crippen LogP) is 2.65. The monoisotopic (exact) mass is 222 g/mol. The predicted molar refractivity (Wildman–Crippen MR) is 58.3 cm³/mol. The van der Waals surface area contributed by atoms with Gasteiger partial charge in [0.1, 0.15) is 11.6 Å². The Hall–Kier alpha value is -1.42. The topological polar surface area (TPSA) is 27.8 Å². The molecule has 0 saturated heterocycles. The fourth-order valence-electron chi connectivity index (χ4n) is 2.61. The lowest BCUT2D eigenvalue weighted by atomic mass is 10.1. The molecule has 1 atom stereocenters. The molecule has 2 aromatic rings. The van der Waals surface area contributed by atoms with Crippen LogP contribution in [-0.4, -0.2) is 12.0 Å². The SMILES string of the molecule is CNC1CCc2[nH]c3c(F)cc(F)cc3c21. The van der Waals surface area contributed by atoms with E-state index >= 15 is 0 Å². The Bertz CT molecular complexity index is 560. The van der Waals surface area contributed by atoms with E-state index in [0.29, 0.717) is 10.9 Å². The number of aryl methyl sites for hydroxylation is 1. The second kappa shape index (κ2) is 3.28. The Balaban J connectivity index is 2.33. The van der Waals surface area contributed by atoms with Gasteiger partial charge in [-0.15, -0.1) is 0 Å². The molecule has 0 bridgehead atoms. The fraction of sp³-hybridized carbons (Fsp3) is 0.333. The highest BCUT2D eigenvalue weighted by molar-refractivity contribution is 5.86. The third kappa shape index (κ3) is 1.19. The van der Waals surface area contributed by atoms with Crippen molar-refractivity contribution in [2.75, 3.05) is 7.05 Å². The maximum Gasteiger partial charge on any atom is 0.150 e. The van der Waals surface area contributed by atoms with Crippen LogP contribution in [0.15, 0.2) is 12.1 Å². The number of aromatic nitrogens is 1. The lowest BCUT2D eigenvalue weighted by molar-refractivity contribution is 0.583. The van der Waals surface area contributed by atoms with Gasteiger partial charge in [0.05, 0.1) is 5.52 Å². The molecule has 4 heteroatoms. The first-order valence-corrected chi connectivity index (χ1v) is 5.37. The summed E-state index contributed by atoms with van der Waals surface area (Å²) in [6.45, 7) is 0. The highest BCUT2D eigenvalue weighted by Crippen LogP contribution is 2.37. The summed E-state index contributed by atoms with van der Waals surface area (Å²) in [6, 6.07) is 2.52. The second-order valence-corrected chi connectivity index (χ2v) is 4.21. The Morgan fingerprint density at radius 2 is 2.19 bits per heavy atom. The Morgan fingerprint density at radius 3 is 2.94 bits per heavy atom. The molecule has 84 valence electrons. The molecule has 2 nitrogen and oxygen atoms in total. The molecule has 0 saturated carbocycles. The third-order valence-electron chi connectivity index (χ3n) is 3.33. The number of aromatic amines is 1. The normalized spacial score (nSPS) is 19.3. The van der Waals surface area contributed by atoms with Crippen molar-refractivity contribution in [3.8, 4) is 0 Å². The number of halogens is 2. The molecular formula is C12H12F2N2. The van der Waals surface area contributed by atoms with Crippen LogP contribution in [0.2, 0.25) is 0 Å². The minimum atomic E-state index is -0.520. The van der Waals surface area contributed by atoms with Gasteiger partial charge in [-0.1, -0.05) is 0 Å². The van der Waals surface area contributed by atoms with Crippen LogP contribution < -0.4 is 5.32 Å². The van der Waals surface area contributed by atoms with Gasteiger partial charge in [0, 0.05) is 23.2 Å². The minimum absolute atomic E-state index is 0.199. The molecule has 2 N–H and O–H groups in total. The van der Waals surface area contributed by atoms with Gasteiger partial charge in [0.2, 0.25) is 0 Å². The molecule has 1 aliphatic rings. The van der Waals surface area contributed by atoms with Gasteiger partial charge in [-0.2, -0.15) is 0 Å². The molecule has 1 aliphatic carbocycles. The van der Waals surface area contributed by atoms with Crippen molar-refractivity contribution in [2.24, 2.45) is 0 Å². The van der Waals surface area contributed by atoms with E-state index in [2.05, 4.69) is 10.3 Å². The zero-order valence-electron chi connectivity index (χ0n) is 8.90. The Labute approximate surface area is 91.7 Å². The molecule has 0 radical (unpaired) electrons. The van der Waals surface area contributed by atoms with E-state index in [4.69, 9.17) is 0 Å². The molecule has 1 unspecified atom stereocenters. The van der Waals surface area contributed by atoms with Crippen molar-refractivity contribution in [1.29, 1.82) is 0 Å². The highest BCUT2D eigenvalue weighted by atomic mass is 19.1. The summed E-state index contributed by atoms with van der Waals surface area (Å²) in [4.78, 5) is 3.05. The van der Waals surface area contributed by atoms with E-state index in [1.807, 2.05) is 7.05 Å². The number of nitrogens with one attached hydrogen (secondary N) is 2. The van der Waals surface area contributed by atoms with Crippen LogP contribution in [0.1, 0.15) is 23.7 Å². The van der Waals surface area contributed by atoms with Crippen molar-refractivity contribution in [3.63, 3.8) is 0 Å². The van der Waals surface area contributed by atoms with Gasteiger partial charge in [0.15, 0.2) is 0 Å². The van der Waals surface area contributed by atoms with E-state index in [0.717, 1.165) is 30.2 Å². The zero-order chi connectivity index (χ0) is 11.3. The summed E-state index contributed by atoms with van der Waals surface area (Å²) >= 11 is 0. The molecule has 0 amide bonds. The fourth-order valence-corrected chi connectivity index (χ4v) is 2.61. The lowest BCUT2D eigenvalue weighted by Crippen LogP contribution is -2.12. The quantitative estimate of drug-likeness (QED) is 0.762. The maximum atomic E-state index is 13.5. The number of benzene rings is 1. The van der Waals surface area contributed by atoms with Crippen molar-refractivity contribution in [1.82, 2.24) is 10.3 Å². The minimum Gasteiger partial charge on any atom is -0.356 e. The van der Waals surface area contributed by atoms with Crippen LogP contribution in [0.3, 0.4) is 0 Å². The number of hydrogen-bond donors (Lipinski definition) is 2. The largest absolute Gasteiger partial charge is 0.356 e. The first-order valence-electron chi connectivity index (χ1n) is 5.37. The van der Waals surface area contributed by atoms with E-state index in [1.54, 1.807) is 0 Å². The first-order chi connectivity index (χ1) is 7.70. The Kier molecular flexibility index (Phi) is 2.01. The average molecular weight is 222 g/mol. The molecule has 0 spiro atoms. The number of hydrogen-bond acceptors (Lipinski definition) is 1. The first kappa shape index (κ1) is 9.78. The molecule has 1 heterocycles. The van der Waals surface area contributed by atoms with Crippen molar-refractivity contribution >= 4 is 10.9 Å². The summed E-state index contributed by atoms with van der Waals surface area (Å²) in [5.41, 5.74) is 2.47. The summed E-state index contributed by atoms with van der Waals surface area (Å²) in [7, 11) is 1.87. The van der Waals surface area contributed by atoms with Gasteiger partial charge in [-0.05, 0) is 31.5 Å². The van der Waals surface area contributed by atoms with Crippen molar-refractivity contribution in [3.05, 3.63) is 35.0 Å². The van der Waals surface area contributed by atoms with Crippen LogP contribution in [0.25, 0.3) is 10.9 Å². The lowest BCUT2D eigenvalue weighted by Gasteiger charge is -2.08. The number of fused-ring (bicyclic) bond motifs is 3. The van der Waals surface area contributed by atoms with Gasteiger partial charge in [-0.3, -0.25) is 0 Å². The third-order valence-corrected chi connectivity index (χ3v) is 3.33. The van der Waals surface area contributed by atoms with Gasteiger partial charge < -0.3 is 10.3 Å². The van der Waals surface area contributed by atoms with Crippen LogP contribution >= 0.6 is 0 Å². The standard InChI is InChI=1S/C12H12F2N2/c1-15-9-2-3-10-11(9)7-4-6(13)5-8(14)12(7)16-10/h4-5,9,15-16H,2-3H2,1H3. The van der Waals surface area contributed by atoms with E-state index in [-0.39, 0.29) is 6.04 Å².